The van der Waals surface area contributed by atoms with E-state index in [2.05, 4.69) is 23.8 Å². The van der Waals surface area contributed by atoms with Crippen molar-refractivity contribution in [3.8, 4) is 17.1 Å². The molecule has 29 heavy (non-hydrogen) atoms. The topological polar surface area (TPSA) is 44.2 Å². The minimum absolute atomic E-state index is 0.101. The fourth-order valence-electron chi connectivity index (χ4n) is 3.13. The molecule has 0 spiro atoms. The van der Waals surface area contributed by atoms with Crippen molar-refractivity contribution in [1.29, 1.82) is 0 Å². The first-order chi connectivity index (χ1) is 14.2. The Labute approximate surface area is 177 Å². The average Bonchev–Trinajstić information content (AvgIpc) is 2.76. The summed E-state index contributed by atoms with van der Waals surface area (Å²) in [4.78, 5) is 9.10. The summed E-state index contributed by atoms with van der Waals surface area (Å²) in [5.41, 5.74) is 2.23. The fourth-order valence-corrected chi connectivity index (χ4v) is 3.13. The molecule has 0 bridgehead atoms. The van der Waals surface area contributed by atoms with E-state index in [0.717, 1.165) is 43.0 Å². The number of hydrogen-bond acceptors (Lipinski definition) is 4. The Kier molecular flexibility index (Phi) is 11.4. The molecule has 1 aromatic heterocycles. The van der Waals surface area contributed by atoms with E-state index in [4.69, 9.17) is 9.47 Å². The highest BCUT2D eigenvalue weighted by molar-refractivity contribution is 5.55. The van der Waals surface area contributed by atoms with Gasteiger partial charge in [-0.05, 0) is 56.0 Å². The van der Waals surface area contributed by atoms with Crippen molar-refractivity contribution in [3.05, 3.63) is 42.2 Å². The molecule has 0 fully saturated rings. The monoisotopic (exact) mass is 398 g/mol. The second-order valence-electron chi connectivity index (χ2n) is 7.80. The van der Waals surface area contributed by atoms with Gasteiger partial charge in [-0.1, -0.05) is 52.4 Å². The molecule has 1 aromatic carbocycles. The molecule has 4 heteroatoms. The van der Waals surface area contributed by atoms with Gasteiger partial charge in [-0.25, -0.2) is 9.97 Å². The second-order valence-corrected chi connectivity index (χ2v) is 7.80. The fraction of sp³-hybridized carbons (Fsp3) is 0.600. The van der Waals surface area contributed by atoms with Crippen molar-refractivity contribution in [2.24, 2.45) is 0 Å². The maximum atomic E-state index is 5.82. The van der Waals surface area contributed by atoms with Crippen LogP contribution in [0.25, 0.3) is 11.4 Å². The maximum Gasteiger partial charge on any atom is 0.159 e. The first-order valence-electron chi connectivity index (χ1n) is 11.4. The van der Waals surface area contributed by atoms with Gasteiger partial charge in [0.05, 0.1) is 6.10 Å². The van der Waals surface area contributed by atoms with Crippen molar-refractivity contribution in [2.45, 2.75) is 84.7 Å². The molecule has 4 nitrogen and oxygen atoms in total. The normalized spacial score (nSPS) is 12.1. The largest absolute Gasteiger partial charge is 0.491 e. The SMILES string of the molecule is CCCCCCCCc1cnc(-c2ccc(OCC(C)OCCCC)cc2)nc1. The molecule has 1 unspecified atom stereocenters. The highest BCUT2D eigenvalue weighted by Gasteiger charge is 2.05. The quantitative estimate of drug-likeness (QED) is 0.316. The number of rotatable bonds is 15. The van der Waals surface area contributed by atoms with Gasteiger partial charge in [0.15, 0.2) is 5.82 Å². The summed E-state index contributed by atoms with van der Waals surface area (Å²) in [6, 6.07) is 7.98. The Hall–Kier alpha value is -1.94. The highest BCUT2D eigenvalue weighted by atomic mass is 16.5. The van der Waals surface area contributed by atoms with Gasteiger partial charge in [-0.2, -0.15) is 0 Å². The average molecular weight is 399 g/mol. The standard InChI is InChI=1S/C25H38N2O2/c1-4-6-8-9-10-11-12-22-18-26-25(27-19-22)23-13-15-24(16-14-23)29-20-21(3)28-17-7-5-2/h13-16,18-19,21H,4-12,17,20H2,1-3H3. The second kappa shape index (κ2) is 14.1. The van der Waals surface area contributed by atoms with E-state index in [1.807, 2.05) is 43.6 Å². The molecule has 0 radical (unpaired) electrons. The van der Waals surface area contributed by atoms with Gasteiger partial charge in [0.25, 0.3) is 0 Å². The van der Waals surface area contributed by atoms with Gasteiger partial charge in [0, 0.05) is 24.6 Å². The van der Waals surface area contributed by atoms with Crippen LogP contribution in [0, 0.1) is 0 Å². The predicted octanol–water partition coefficient (Wildman–Crippen LogP) is 6.63. The van der Waals surface area contributed by atoms with E-state index in [1.54, 1.807) is 0 Å². The molecule has 2 rings (SSSR count). The van der Waals surface area contributed by atoms with Crippen molar-refractivity contribution >= 4 is 0 Å². The van der Waals surface area contributed by atoms with Crippen LogP contribution in [-0.2, 0) is 11.2 Å². The molecular weight excluding hydrogens is 360 g/mol. The summed E-state index contributed by atoms with van der Waals surface area (Å²) in [5.74, 6) is 1.61. The Morgan fingerprint density at radius 2 is 1.48 bits per heavy atom. The van der Waals surface area contributed by atoms with Gasteiger partial charge in [-0.3, -0.25) is 0 Å². The lowest BCUT2D eigenvalue weighted by atomic mass is 10.1. The van der Waals surface area contributed by atoms with Crippen molar-refractivity contribution in [1.82, 2.24) is 9.97 Å². The van der Waals surface area contributed by atoms with E-state index in [-0.39, 0.29) is 6.10 Å². The van der Waals surface area contributed by atoms with E-state index >= 15 is 0 Å². The summed E-state index contributed by atoms with van der Waals surface area (Å²) in [5, 5.41) is 0. The summed E-state index contributed by atoms with van der Waals surface area (Å²) in [6.45, 7) is 7.83. The lowest BCUT2D eigenvalue weighted by Crippen LogP contribution is -2.18. The number of unbranched alkanes of at least 4 members (excludes halogenated alkanes) is 6. The zero-order chi connectivity index (χ0) is 20.7. The van der Waals surface area contributed by atoms with E-state index in [0.29, 0.717) is 6.61 Å². The maximum absolute atomic E-state index is 5.82. The summed E-state index contributed by atoms with van der Waals surface area (Å²) < 4.78 is 11.5. The molecule has 0 saturated heterocycles. The molecule has 0 amide bonds. The molecule has 0 aliphatic carbocycles. The number of ether oxygens (including phenoxy) is 2. The molecule has 2 aromatic rings. The molecule has 0 saturated carbocycles. The number of aryl methyl sites for hydroxylation is 1. The molecule has 1 heterocycles. The zero-order valence-electron chi connectivity index (χ0n) is 18.5. The molecule has 1 atom stereocenters. The first kappa shape index (κ1) is 23.3. The van der Waals surface area contributed by atoms with Crippen LogP contribution in [0.1, 0.15) is 77.7 Å². The third kappa shape index (κ3) is 9.40. The van der Waals surface area contributed by atoms with Crippen LogP contribution in [0.3, 0.4) is 0 Å². The van der Waals surface area contributed by atoms with Crippen molar-refractivity contribution in [3.63, 3.8) is 0 Å². The van der Waals surface area contributed by atoms with E-state index in [9.17, 15) is 0 Å². The Morgan fingerprint density at radius 3 is 2.17 bits per heavy atom. The smallest absolute Gasteiger partial charge is 0.159 e. The van der Waals surface area contributed by atoms with Crippen LogP contribution in [0.5, 0.6) is 5.75 Å². The summed E-state index contributed by atoms with van der Waals surface area (Å²) in [6.07, 6.45) is 15.2. The molecule has 160 valence electrons. The van der Waals surface area contributed by atoms with Crippen LogP contribution < -0.4 is 4.74 Å². The third-order valence-corrected chi connectivity index (χ3v) is 5.02. The zero-order valence-corrected chi connectivity index (χ0v) is 18.5. The van der Waals surface area contributed by atoms with Gasteiger partial charge in [0.2, 0.25) is 0 Å². The van der Waals surface area contributed by atoms with Gasteiger partial charge in [0.1, 0.15) is 12.4 Å². The van der Waals surface area contributed by atoms with Crippen LogP contribution in [0.4, 0.5) is 0 Å². The van der Waals surface area contributed by atoms with Crippen LogP contribution in [0.15, 0.2) is 36.7 Å². The molecule has 0 N–H and O–H groups in total. The van der Waals surface area contributed by atoms with Crippen molar-refractivity contribution < 1.29 is 9.47 Å². The molecule has 0 aliphatic rings. The minimum Gasteiger partial charge on any atom is -0.491 e. The number of hydrogen-bond donors (Lipinski definition) is 0. The van der Waals surface area contributed by atoms with Gasteiger partial charge >= 0.3 is 0 Å². The Balaban J connectivity index is 1.74. The number of nitrogens with zero attached hydrogens (tertiary/aromatic N) is 2. The predicted molar refractivity (Wildman–Crippen MR) is 120 cm³/mol. The minimum atomic E-state index is 0.101. The summed E-state index contributed by atoms with van der Waals surface area (Å²) >= 11 is 0. The lowest BCUT2D eigenvalue weighted by Gasteiger charge is -2.14. The van der Waals surface area contributed by atoms with Crippen molar-refractivity contribution in [2.75, 3.05) is 13.2 Å². The molecular formula is C25H38N2O2. The Morgan fingerprint density at radius 1 is 0.828 bits per heavy atom. The van der Waals surface area contributed by atoms with Crippen LogP contribution >= 0.6 is 0 Å². The van der Waals surface area contributed by atoms with Crippen LogP contribution in [0.2, 0.25) is 0 Å². The molecule has 0 aliphatic heterocycles. The summed E-state index contributed by atoms with van der Waals surface area (Å²) in [7, 11) is 0. The number of benzene rings is 1. The van der Waals surface area contributed by atoms with E-state index in [1.165, 1.54) is 44.1 Å². The number of aromatic nitrogens is 2. The van der Waals surface area contributed by atoms with Gasteiger partial charge in [-0.15, -0.1) is 0 Å². The van der Waals surface area contributed by atoms with Crippen LogP contribution in [-0.4, -0.2) is 29.3 Å². The lowest BCUT2D eigenvalue weighted by molar-refractivity contribution is 0.0309. The third-order valence-electron chi connectivity index (χ3n) is 5.02. The van der Waals surface area contributed by atoms with E-state index < -0.39 is 0 Å². The Bertz CT molecular complexity index is 656. The highest BCUT2D eigenvalue weighted by Crippen LogP contribution is 2.20. The van der Waals surface area contributed by atoms with Gasteiger partial charge < -0.3 is 9.47 Å². The first-order valence-corrected chi connectivity index (χ1v) is 11.4.